The largest absolute Gasteiger partial charge is 0.305 e. The van der Waals surface area contributed by atoms with E-state index in [-0.39, 0.29) is 0 Å². The SMILES string of the molecule is CN(CCC#N)CCc1ccc(Cl)cc1Cl. The van der Waals surface area contributed by atoms with Gasteiger partial charge in [-0.05, 0) is 31.2 Å². The smallest absolute Gasteiger partial charge is 0.0635 e. The summed E-state index contributed by atoms with van der Waals surface area (Å²) in [6.45, 7) is 1.69. The number of nitriles is 1. The summed E-state index contributed by atoms with van der Waals surface area (Å²) in [5.74, 6) is 0. The van der Waals surface area contributed by atoms with Gasteiger partial charge in [-0.15, -0.1) is 0 Å². The number of rotatable bonds is 5. The molecule has 0 unspecified atom stereocenters. The van der Waals surface area contributed by atoms with Crippen LogP contribution in [-0.4, -0.2) is 25.0 Å². The summed E-state index contributed by atoms with van der Waals surface area (Å²) in [6, 6.07) is 7.68. The first-order valence-corrected chi connectivity index (χ1v) is 5.88. The Labute approximate surface area is 106 Å². The van der Waals surface area contributed by atoms with Crippen molar-refractivity contribution in [1.82, 2.24) is 4.90 Å². The van der Waals surface area contributed by atoms with Crippen molar-refractivity contribution in [1.29, 1.82) is 5.26 Å². The molecule has 0 amide bonds. The molecule has 0 spiro atoms. The first-order chi connectivity index (χ1) is 7.63. The second kappa shape index (κ2) is 6.75. The molecule has 86 valence electrons. The Morgan fingerprint density at radius 3 is 2.69 bits per heavy atom. The van der Waals surface area contributed by atoms with Gasteiger partial charge in [0.05, 0.1) is 6.07 Å². The number of hydrogen-bond donors (Lipinski definition) is 0. The summed E-state index contributed by atoms with van der Waals surface area (Å²) in [5, 5.41) is 9.83. The Bertz CT molecular complexity index is 385. The summed E-state index contributed by atoms with van der Waals surface area (Å²) < 4.78 is 0. The quantitative estimate of drug-likeness (QED) is 0.808. The topological polar surface area (TPSA) is 27.0 Å². The van der Waals surface area contributed by atoms with Crippen LogP contribution in [0, 0.1) is 11.3 Å². The Kier molecular flexibility index (Phi) is 5.62. The molecule has 0 fully saturated rings. The van der Waals surface area contributed by atoms with Gasteiger partial charge in [0.25, 0.3) is 0 Å². The number of hydrogen-bond acceptors (Lipinski definition) is 2. The van der Waals surface area contributed by atoms with E-state index in [1.807, 2.05) is 19.2 Å². The van der Waals surface area contributed by atoms with E-state index < -0.39 is 0 Å². The van der Waals surface area contributed by atoms with Crippen molar-refractivity contribution in [2.24, 2.45) is 0 Å². The molecule has 0 saturated heterocycles. The lowest BCUT2D eigenvalue weighted by Gasteiger charge is -2.15. The van der Waals surface area contributed by atoms with Crippen LogP contribution < -0.4 is 0 Å². The van der Waals surface area contributed by atoms with Crippen LogP contribution in [0.1, 0.15) is 12.0 Å². The van der Waals surface area contributed by atoms with Crippen LogP contribution in [0.2, 0.25) is 10.0 Å². The van der Waals surface area contributed by atoms with E-state index in [0.29, 0.717) is 16.5 Å². The molecule has 1 aromatic carbocycles. The van der Waals surface area contributed by atoms with E-state index in [4.69, 9.17) is 28.5 Å². The van der Waals surface area contributed by atoms with Gasteiger partial charge in [0.2, 0.25) is 0 Å². The Balaban J connectivity index is 2.45. The third-order valence-electron chi connectivity index (χ3n) is 2.38. The molecule has 1 aromatic rings. The van der Waals surface area contributed by atoms with Crippen LogP contribution in [0.15, 0.2) is 18.2 Å². The molecule has 0 aliphatic heterocycles. The van der Waals surface area contributed by atoms with Gasteiger partial charge in [0.1, 0.15) is 0 Å². The maximum atomic E-state index is 8.46. The summed E-state index contributed by atoms with van der Waals surface area (Å²) in [6.07, 6.45) is 1.43. The second-order valence-electron chi connectivity index (χ2n) is 3.70. The third-order valence-corrected chi connectivity index (χ3v) is 2.97. The zero-order valence-electron chi connectivity index (χ0n) is 9.21. The number of halogens is 2. The van der Waals surface area contributed by atoms with Gasteiger partial charge < -0.3 is 4.90 Å². The summed E-state index contributed by atoms with van der Waals surface area (Å²) >= 11 is 11.9. The van der Waals surface area contributed by atoms with Crippen LogP contribution in [0.5, 0.6) is 0 Å². The first-order valence-electron chi connectivity index (χ1n) is 5.13. The minimum absolute atomic E-state index is 0.560. The molecule has 0 radical (unpaired) electrons. The maximum Gasteiger partial charge on any atom is 0.0635 e. The van der Waals surface area contributed by atoms with Crippen LogP contribution in [0.4, 0.5) is 0 Å². The Morgan fingerprint density at radius 1 is 1.31 bits per heavy atom. The molecule has 0 heterocycles. The first kappa shape index (κ1) is 13.3. The average Bonchev–Trinajstić information content (AvgIpc) is 2.25. The van der Waals surface area contributed by atoms with E-state index >= 15 is 0 Å². The second-order valence-corrected chi connectivity index (χ2v) is 4.54. The van der Waals surface area contributed by atoms with Crippen molar-refractivity contribution in [3.8, 4) is 6.07 Å². The summed E-state index contributed by atoms with van der Waals surface area (Å²) in [7, 11) is 2.00. The van der Waals surface area contributed by atoms with Crippen LogP contribution in [0.3, 0.4) is 0 Å². The molecule has 16 heavy (non-hydrogen) atoms. The van der Waals surface area contributed by atoms with E-state index in [1.54, 1.807) is 6.07 Å². The predicted molar refractivity (Wildman–Crippen MR) is 67.9 cm³/mol. The lowest BCUT2D eigenvalue weighted by Crippen LogP contribution is -2.22. The van der Waals surface area contributed by atoms with Gasteiger partial charge >= 0.3 is 0 Å². The lowest BCUT2D eigenvalue weighted by atomic mass is 10.1. The van der Waals surface area contributed by atoms with Gasteiger partial charge in [0.15, 0.2) is 0 Å². The van der Waals surface area contributed by atoms with Crippen molar-refractivity contribution in [2.45, 2.75) is 12.8 Å². The highest BCUT2D eigenvalue weighted by Gasteiger charge is 2.03. The number of nitrogens with zero attached hydrogens (tertiary/aromatic N) is 2. The van der Waals surface area contributed by atoms with Gasteiger partial charge in [0, 0.05) is 29.6 Å². The highest BCUT2D eigenvalue weighted by molar-refractivity contribution is 6.35. The molecular weight excluding hydrogens is 243 g/mol. The molecule has 4 heteroatoms. The fourth-order valence-electron chi connectivity index (χ4n) is 1.39. The number of benzene rings is 1. The standard InChI is InChI=1S/C12H14Cl2N2/c1-16(7-2-6-15)8-5-10-3-4-11(13)9-12(10)14/h3-4,9H,2,5,7-8H2,1H3. The molecule has 1 rings (SSSR count). The molecule has 0 aliphatic rings. The predicted octanol–water partition coefficient (Wildman–Crippen LogP) is 3.38. The van der Waals surface area contributed by atoms with Crippen LogP contribution in [-0.2, 0) is 6.42 Å². The van der Waals surface area contributed by atoms with E-state index in [0.717, 1.165) is 25.1 Å². The molecule has 0 bridgehead atoms. The van der Waals surface area contributed by atoms with Crippen molar-refractivity contribution in [3.63, 3.8) is 0 Å². The minimum Gasteiger partial charge on any atom is -0.305 e. The zero-order valence-corrected chi connectivity index (χ0v) is 10.7. The summed E-state index contributed by atoms with van der Waals surface area (Å²) in [4.78, 5) is 2.12. The molecule has 0 aliphatic carbocycles. The van der Waals surface area contributed by atoms with E-state index in [9.17, 15) is 0 Å². The normalized spacial score (nSPS) is 10.4. The average molecular weight is 257 g/mol. The van der Waals surface area contributed by atoms with Gasteiger partial charge in [-0.2, -0.15) is 5.26 Å². The molecule has 0 N–H and O–H groups in total. The zero-order chi connectivity index (χ0) is 12.0. The van der Waals surface area contributed by atoms with Crippen molar-refractivity contribution in [3.05, 3.63) is 33.8 Å². The lowest BCUT2D eigenvalue weighted by molar-refractivity contribution is 0.346. The fraction of sp³-hybridized carbons (Fsp3) is 0.417. The van der Waals surface area contributed by atoms with Crippen LogP contribution in [0.25, 0.3) is 0 Å². The van der Waals surface area contributed by atoms with E-state index in [1.165, 1.54) is 0 Å². The Hall–Kier alpha value is -0.750. The Morgan fingerprint density at radius 2 is 2.06 bits per heavy atom. The van der Waals surface area contributed by atoms with E-state index in [2.05, 4.69) is 11.0 Å². The van der Waals surface area contributed by atoms with Crippen molar-refractivity contribution < 1.29 is 0 Å². The minimum atomic E-state index is 0.560. The maximum absolute atomic E-state index is 8.46. The molecule has 2 nitrogen and oxygen atoms in total. The third kappa shape index (κ3) is 4.40. The monoisotopic (exact) mass is 256 g/mol. The molecule has 0 atom stereocenters. The molecule has 0 saturated carbocycles. The van der Waals surface area contributed by atoms with Crippen molar-refractivity contribution >= 4 is 23.2 Å². The molecular formula is C12H14Cl2N2. The van der Waals surface area contributed by atoms with Gasteiger partial charge in [-0.1, -0.05) is 29.3 Å². The highest BCUT2D eigenvalue weighted by Crippen LogP contribution is 2.21. The highest BCUT2D eigenvalue weighted by atomic mass is 35.5. The van der Waals surface area contributed by atoms with Crippen LogP contribution >= 0.6 is 23.2 Å². The van der Waals surface area contributed by atoms with Crippen molar-refractivity contribution in [2.75, 3.05) is 20.1 Å². The fourth-order valence-corrected chi connectivity index (χ4v) is 1.89. The van der Waals surface area contributed by atoms with Gasteiger partial charge in [-0.3, -0.25) is 0 Å². The van der Waals surface area contributed by atoms with Gasteiger partial charge in [-0.25, -0.2) is 0 Å². The molecule has 0 aromatic heterocycles. The number of likely N-dealkylation sites (N-methyl/N-ethyl adjacent to an activating group) is 1. The summed E-state index contributed by atoms with van der Waals surface area (Å²) in [5.41, 5.74) is 1.09.